The number of halogens is 1. The van der Waals surface area contributed by atoms with Crippen molar-refractivity contribution in [3.63, 3.8) is 0 Å². The van der Waals surface area contributed by atoms with Gasteiger partial charge in [-0.3, -0.25) is 4.90 Å². The number of sulfonamides is 1. The van der Waals surface area contributed by atoms with Gasteiger partial charge < -0.3 is 5.32 Å². The first-order chi connectivity index (χ1) is 10.9. The molecule has 24 heavy (non-hydrogen) atoms. The molecule has 1 heterocycles. The molecule has 0 saturated carbocycles. The lowest BCUT2D eigenvalue weighted by Crippen LogP contribution is -2.43. The molecule has 0 aliphatic carbocycles. The Morgan fingerprint density at radius 1 is 1.12 bits per heavy atom. The lowest BCUT2D eigenvalue weighted by molar-refractivity contribution is 0.154. The molecule has 1 fully saturated rings. The molecule has 0 amide bonds. The van der Waals surface area contributed by atoms with E-state index >= 15 is 0 Å². The van der Waals surface area contributed by atoms with Crippen molar-refractivity contribution in [2.45, 2.75) is 43.7 Å². The molecule has 7 heteroatoms. The van der Waals surface area contributed by atoms with E-state index in [1.54, 1.807) is 26.2 Å². The van der Waals surface area contributed by atoms with E-state index in [4.69, 9.17) is 0 Å². The van der Waals surface area contributed by atoms with Gasteiger partial charge in [0.05, 0.1) is 4.90 Å². The zero-order valence-electron chi connectivity index (χ0n) is 14.9. The van der Waals surface area contributed by atoms with Crippen molar-refractivity contribution in [2.24, 2.45) is 0 Å². The van der Waals surface area contributed by atoms with Crippen LogP contribution in [0.4, 0.5) is 0 Å². The summed E-state index contributed by atoms with van der Waals surface area (Å²) in [6.45, 7) is 6.36. The minimum Gasteiger partial charge on any atom is -0.317 e. The Hall–Kier alpha value is -0.660. The summed E-state index contributed by atoms with van der Waals surface area (Å²) in [6.07, 6.45) is 3.51. The zero-order valence-corrected chi connectivity index (χ0v) is 16.5. The van der Waals surface area contributed by atoms with E-state index in [2.05, 4.69) is 17.1 Å². The Bertz CT molecular complexity index is 584. The van der Waals surface area contributed by atoms with Crippen molar-refractivity contribution in [1.29, 1.82) is 0 Å². The quantitative estimate of drug-likeness (QED) is 0.794. The molecular formula is C17H30ClN3O2S. The summed E-state index contributed by atoms with van der Waals surface area (Å²) in [6, 6.07) is 7.95. The lowest BCUT2D eigenvalue weighted by Gasteiger charge is -2.34. The normalized spacial score (nSPS) is 16.4. The van der Waals surface area contributed by atoms with E-state index in [1.165, 1.54) is 22.7 Å². The van der Waals surface area contributed by atoms with Crippen LogP contribution in [0.15, 0.2) is 29.2 Å². The van der Waals surface area contributed by atoms with Crippen LogP contribution in [-0.4, -0.2) is 57.4 Å². The maximum Gasteiger partial charge on any atom is 0.242 e. The summed E-state index contributed by atoms with van der Waals surface area (Å²) < 4.78 is 25.5. The van der Waals surface area contributed by atoms with Crippen molar-refractivity contribution < 1.29 is 8.42 Å². The van der Waals surface area contributed by atoms with E-state index in [1.807, 2.05) is 12.1 Å². The maximum absolute atomic E-state index is 12.1. The molecule has 0 spiro atoms. The molecule has 1 saturated heterocycles. The number of benzene rings is 1. The van der Waals surface area contributed by atoms with Crippen LogP contribution in [0.25, 0.3) is 0 Å². The van der Waals surface area contributed by atoms with E-state index in [0.29, 0.717) is 10.9 Å². The second-order valence-electron chi connectivity index (χ2n) is 6.38. The van der Waals surface area contributed by atoms with Gasteiger partial charge in [0.25, 0.3) is 0 Å². The third-order valence-corrected chi connectivity index (χ3v) is 6.25. The average Bonchev–Trinajstić information content (AvgIpc) is 2.55. The van der Waals surface area contributed by atoms with Crippen molar-refractivity contribution in [3.05, 3.63) is 29.8 Å². The number of piperidine rings is 1. The first-order valence-electron chi connectivity index (χ1n) is 8.41. The number of nitrogens with one attached hydrogen (secondary N) is 1. The van der Waals surface area contributed by atoms with Crippen LogP contribution in [0.3, 0.4) is 0 Å². The minimum atomic E-state index is -3.34. The van der Waals surface area contributed by atoms with Crippen LogP contribution < -0.4 is 5.32 Å². The molecule has 1 aliphatic heterocycles. The molecule has 0 radical (unpaired) electrons. The van der Waals surface area contributed by atoms with Crippen LogP contribution in [0, 0.1) is 0 Å². The second kappa shape index (κ2) is 9.73. The SMILES string of the molecule is CCCN(Cc1ccc(S(=O)(=O)N(C)C)cc1)C1CCNCC1.Cl. The topological polar surface area (TPSA) is 52.7 Å². The van der Waals surface area contributed by atoms with Gasteiger partial charge in [-0.25, -0.2) is 12.7 Å². The van der Waals surface area contributed by atoms with Crippen LogP contribution >= 0.6 is 12.4 Å². The van der Waals surface area contributed by atoms with E-state index in [-0.39, 0.29) is 12.4 Å². The fourth-order valence-corrected chi connectivity index (χ4v) is 3.96. The fourth-order valence-electron chi connectivity index (χ4n) is 3.06. The number of hydrogen-bond donors (Lipinski definition) is 1. The van der Waals surface area contributed by atoms with Crippen LogP contribution in [0.1, 0.15) is 31.7 Å². The summed E-state index contributed by atoms with van der Waals surface area (Å²) in [4.78, 5) is 2.89. The molecule has 2 rings (SSSR count). The minimum absolute atomic E-state index is 0. The van der Waals surface area contributed by atoms with E-state index < -0.39 is 10.0 Å². The third-order valence-electron chi connectivity index (χ3n) is 4.42. The van der Waals surface area contributed by atoms with Gasteiger partial charge in [0, 0.05) is 26.7 Å². The van der Waals surface area contributed by atoms with Crippen molar-refractivity contribution in [2.75, 3.05) is 33.7 Å². The van der Waals surface area contributed by atoms with Gasteiger partial charge >= 0.3 is 0 Å². The van der Waals surface area contributed by atoms with Gasteiger partial charge in [-0.15, -0.1) is 12.4 Å². The number of hydrogen-bond acceptors (Lipinski definition) is 4. The van der Waals surface area contributed by atoms with Gasteiger partial charge in [-0.2, -0.15) is 0 Å². The molecular weight excluding hydrogens is 346 g/mol. The van der Waals surface area contributed by atoms with Gasteiger partial charge in [-0.1, -0.05) is 19.1 Å². The van der Waals surface area contributed by atoms with Crippen molar-refractivity contribution >= 4 is 22.4 Å². The summed E-state index contributed by atoms with van der Waals surface area (Å²) >= 11 is 0. The lowest BCUT2D eigenvalue weighted by atomic mass is 10.0. The van der Waals surface area contributed by atoms with Crippen LogP contribution in [-0.2, 0) is 16.6 Å². The third kappa shape index (κ3) is 5.43. The molecule has 5 nitrogen and oxygen atoms in total. The predicted octanol–water partition coefficient (Wildman–Crippen LogP) is 2.32. The Balaban J connectivity index is 0.00000288. The van der Waals surface area contributed by atoms with Gasteiger partial charge in [0.2, 0.25) is 10.0 Å². The first kappa shape index (κ1) is 21.4. The summed E-state index contributed by atoms with van der Waals surface area (Å²) in [7, 11) is -0.224. The van der Waals surface area contributed by atoms with Crippen molar-refractivity contribution in [1.82, 2.24) is 14.5 Å². The Morgan fingerprint density at radius 2 is 1.71 bits per heavy atom. The summed E-state index contributed by atoms with van der Waals surface area (Å²) in [5.74, 6) is 0. The molecule has 0 bridgehead atoms. The highest BCUT2D eigenvalue weighted by molar-refractivity contribution is 7.89. The average molecular weight is 376 g/mol. The molecule has 1 aliphatic rings. The van der Waals surface area contributed by atoms with Crippen molar-refractivity contribution in [3.8, 4) is 0 Å². The van der Waals surface area contributed by atoms with Gasteiger partial charge in [-0.05, 0) is 56.6 Å². The van der Waals surface area contributed by atoms with Gasteiger partial charge in [0.15, 0.2) is 0 Å². The molecule has 1 aromatic carbocycles. The number of nitrogens with zero attached hydrogens (tertiary/aromatic N) is 2. The Kier molecular flexibility index (Phi) is 8.67. The molecule has 1 N–H and O–H groups in total. The largest absolute Gasteiger partial charge is 0.317 e. The van der Waals surface area contributed by atoms with Crippen LogP contribution in [0.2, 0.25) is 0 Å². The van der Waals surface area contributed by atoms with E-state index in [9.17, 15) is 8.42 Å². The highest BCUT2D eigenvalue weighted by Gasteiger charge is 2.21. The Labute approximate surface area is 152 Å². The highest BCUT2D eigenvalue weighted by atomic mass is 35.5. The monoisotopic (exact) mass is 375 g/mol. The molecule has 0 unspecified atom stereocenters. The number of rotatable bonds is 7. The van der Waals surface area contributed by atoms with Gasteiger partial charge in [0.1, 0.15) is 0 Å². The molecule has 0 atom stereocenters. The van der Waals surface area contributed by atoms with Crippen LogP contribution in [0.5, 0.6) is 0 Å². The van der Waals surface area contributed by atoms with E-state index in [0.717, 1.165) is 32.6 Å². The second-order valence-corrected chi connectivity index (χ2v) is 8.53. The zero-order chi connectivity index (χ0) is 16.9. The standard InChI is InChI=1S/C17H29N3O2S.ClH/c1-4-13-20(16-9-11-18-12-10-16)14-15-5-7-17(8-6-15)23(21,22)19(2)3;/h5-8,16,18H,4,9-14H2,1-3H3;1H. The smallest absolute Gasteiger partial charge is 0.242 e. The molecule has 1 aromatic rings. The maximum atomic E-state index is 12.1. The molecule has 138 valence electrons. The summed E-state index contributed by atoms with van der Waals surface area (Å²) in [5, 5.41) is 3.41. The molecule has 0 aromatic heterocycles. The Morgan fingerprint density at radius 3 is 2.21 bits per heavy atom. The summed E-state index contributed by atoms with van der Waals surface area (Å²) in [5.41, 5.74) is 1.18. The predicted molar refractivity (Wildman–Crippen MR) is 101 cm³/mol. The fraction of sp³-hybridized carbons (Fsp3) is 0.647. The highest BCUT2D eigenvalue weighted by Crippen LogP contribution is 2.18. The first-order valence-corrected chi connectivity index (χ1v) is 9.85.